The molecule has 0 aromatic heterocycles. The topological polar surface area (TPSA) is 38.5 Å². The van der Waals surface area contributed by atoms with Crippen LogP contribution in [0.4, 0.5) is 0 Å². The van der Waals surface area contributed by atoms with E-state index in [-0.39, 0.29) is 11.2 Å². The first kappa shape index (κ1) is 11.0. The lowest BCUT2D eigenvalue weighted by Gasteiger charge is -2.51. The molecule has 1 saturated heterocycles. The van der Waals surface area contributed by atoms with Crippen LogP contribution in [0.2, 0.25) is 0 Å². The first-order valence-corrected chi connectivity index (χ1v) is 4.96. The number of rotatable bonds is 3. The highest BCUT2D eigenvalue weighted by Crippen LogP contribution is 2.31. The molecule has 13 heavy (non-hydrogen) atoms. The summed E-state index contributed by atoms with van der Waals surface area (Å²) in [7, 11) is 2.11. The molecule has 0 saturated carbocycles. The molecule has 1 rings (SSSR count). The molecule has 0 aliphatic carbocycles. The fourth-order valence-electron chi connectivity index (χ4n) is 2.12. The maximum absolute atomic E-state index is 6.05. The van der Waals surface area contributed by atoms with Crippen molar-refractivity contribution >= 4 is 0 Å². The summed E-state index contributed by atoms with van der Waals surface area (Å²) < 4.78 is 6.05. The van der Waals surface area contributed by atoms with E-state index < -0.39 is 0 Å². The standard InChI is InChI=1S/C10H22N2O/c1-9(2,3)13-10(5-6-11)7-12(4)8-10/h5-8,11H2,1-4H3. The molecule has 3 nitrogen and oxygen atoms in total. The van der Waals surface area contributed by atoms with Crippen molar-refractivity contribution in [1.29, 1.82) is 0 Å². The molecular formula is C10H22N2O. The molecule has 0 aromatic carbocycles. The second-order valence-corrected chi connectivity index (χ2v) is 5.11. The minimum Gasteiger partial charge on any atom is -0.367 e. The van der Waals surface area contributed by atoms with Crippen LogP contribution in [0, 0.1) is 0 Å². The molecular weight excluding hydrogens is 164 g/mol. The van der Waals surface area contributed by atoms with E-state index in [4.69, 9.17) is 10.5 Å². The van der Waals surface area contributed by atoms with E-state index in [0.717, 1.165) is 19.5 Å². The zero-order valence-corrected chi connectivity index (χ0v) is 9.26. The molecule has 1 aliphatic heterocycles. The van der Waals surface area contributed by atoms with Gasteiger partial charge in [0, 0.05) is 13.1 Å². The second-order valence-electron chi connectivity index (χ2n) is 5.11. The molecule has 78 valence electrons. The van der Waals surface area contributed by atoms with Gasteiger partial charge >= 0.3 is 0 Å². The van der Waals surface area contributed by atoms with E-state index in [1.165, 1.54) is 0 Å². The predicted octanol–water partition coefficient (Wildman–Crippen LogP) is 0.834. The van der Waals surface area contributed by atoms with E-state index in [0.29, 0.717) is 6.54 Å². The fraction of sp³-hybridized carbons (Fsp3) is 1.00. The van der Waals surface area contributed by atoms with Crippen LogP contribution in [0.15, 0.2) is 0 Å². The van der Waals surface area contributed by atoms with Gasteiger partial charge in [-0.25, -0.2) is 0 Å². The highest BCUT2D eigenvalue weighted by atomic mass is 16.5. The number of likely N-dealkylation sites (tertiary alicyclic amines) is 1. The molecule has 0 aromatic rings. The van der Waals surface area contributed by atoms with Crippen molar-refractivity contribution in [2.24, 2.45) is 5.73 Å². The maximum atomic E-state index is 6.05. The summed E-state index contributed by atoms with van der Waals surface area (Å²) >= 11 is 0. The van der Waals surface area contributed by atoms with E-state index in [2.05, 4.69) is 32.7 Å². The normalized spacial score (nSPS) is 22.8. The van der Waals surface area contributed by atoms with Crippen LogP contribution in [0.3, 0.4) is 0 Å². The van der Waals surface area contributed by atoms with Crippen molar-refractivity contribution in [3.05, 3.63) is 0 Å². The Morgan fingerprint density at radius 1 is 1.38 bits per heavy atom. The Morgan fingerprint density at radius 2 is 1.92 bits per heavy atom. The highest BCUT2D eigenvalue weighted by molar-refractivity contribution is 4.97. The summed E-state index contributed by atoms with van der Waals surface area (Å²) in [5.74, 6) is 0. The number of hydrogen-bond acceptors (Lipinski definition) is 3. The van der Waals surface area contributed by atoms with Crippen LogP contribution in [-0.4, -0.2) is 42.8 Å². The van der Waals surface area contributed by atoms with Crippen molar-refractivity contribution in [3.63, 3.8) is 0 Å². The molecule has 0 radical (unpaired) electrons. The van der Waals surface area contributed by atoms with E-state index in [1.807, 2.05) is 0 Å². The SMILES string of the molecule is CN1CC(CCN)(OC(C)(C)C)C1. The average molecular weight is 186 g/mol. The van der Waals surface area contributed by atoms with Gasteiger partial charge in [-0.1, -0.05) is 0 Å². The molecule has 2 N–H and O–H groups in total. The van der Waals surface area contributed by atoms with Crippen LogP contribution in [0.5, 0.6) is 0 Å². The third-order valence-electron chi connectivity index (χ3n) is 2.24. The molecule has 0 bridgehead atoms. The molecule has 3 heteroatoms. The lowest BCUT2D eigenvalue weighted by molar-refractivity contribution is -0.196. The van der Waals surface area contributed by atoms with Crippen LogP contribution in [-0.2, 0) is 4.74 Å². The van der Waals surface area contributed by atoms with Crippen LogP contribution < -0.4 is 5.73 Å². The van der Waals surface area contributed by atoms with Gasteiger partial charge in [-0.3, -0.25) is 0 Å². The first-order chi connectivity index (χ1) is 5.87. The van der Waals surface area contributed by atoms with Crippen molar-refractivity contribution in [2.75, 3.05) is 26.7 Å². The molecule has 1 aliphatic rings. The minimum absolute atomic E-state index is 0.0295. The second kappa shape index (κ2) is 3.56. The Bertz CT molecular complexity index is 163. The number of nitrogens with zero attached hydrogens (tertiary/aromatic N) is 1. The summed E-state index contributed by atoms with van der Waals surface area (Å²) in [5.41, 5.74) is 5.56. The number of likely N-dealkylation sites (N-methyl/N-ethyl adjacent to an activating group) is 1. The summed E-state index contributed by atoms with van der Waals surface area (Å²) in [5, 5.41) is 0. The quantitative estimate of drug-likeness (QED) is 0.709. The average Bonchev–Trinajstić information content (AvgIpc) is 1.80. The van der Waals surface area contributed by atoms with Crippen molar-refractivity contribution in [3.8, 4) is 0 Å². The highest BCUT2D eigenvalue weighted by Gasteiger charge is 2.43. The van der Waals surface area contributed by atoms with E-state index in [1.54, 1.807) is 0 Å². The predicted molar refractivity (Wildman–Crippen MR) is 54.7 cm³/mol. The number of hydrogen-bond donors (Lipinski definition) is 1. The van der Waals surface area contributed by atoms with Crippen LogP contribution in [0.1, 0.15) is 27.2 Å². The number of ether oxygens (including phenoxy) is 1. The third kappa shape index (κ3) is 2.93. The molecule has 0 atom stereocenters. The van der Waals surface area contributed by atoms with Crippen molar-refractivity contribution < 1.29 is 4.74 Å². The Balaban J connectivity index is 2.50. The van der Waals surface area contributed by atoms with Gasteiger partial charge in [-0.2, -0.15) is 0 Å². The summed E-state index contributed by atoms with van der Waals surface area (Å²) in [6.07, 6.45) is 0.967. The lowest BCUT2D eigenvalue weighted by Crippen LogP contribution is -2.64. The lowest BCUT2D eigenvalue weighted by atomic mass is 9.89. The molecule has 0 unspecified atom stereocenters. The van der Waals surface area contributed by atoms with E-state index >= 15 is 0 Å². The van der Waals surface area contributed by atoms with Gasteiger partial charge in [-0.15, -0.1) is 0 Å². The van der Waals surface area contributed by atoms with Crippen molar-refractivity contribution in [2.45, 2.75) is 38.4 Å². The summed E-state index contributed by atoms with van der Waals surface area (Å²) in [6.45, 7) is 9.05. The summed E-state index contributed by atoms with van der Waals surface area (Å²) in [4.78, 5) is 2.27. The Labute approximate surface area is 81.2 Å². The third-order valence-corrected chi connectivity index (χ3v) is 2.24. The molecule has 0 amide bonds. The molecule has 1 fully saturated rings. The van der Waals surface area contributed by atoms with Crippen molar-refractivity contribution in [1.82, 2.24) is 4.90 Å². The maximum Gasteiger partial charge on any atom is 0.0953 e. The van der Waals surface area contributed by atoms with Gasteiger partial charge in [0.25, 0.3) is 0 Å². The van der Waals surface area contributed by atoms with E-state index in [9.17, 15) is 0 Å². The zero-order valence-electron chi connectivity index (χ0n) is 9.26. The van der Waals surface area contributed by atoms with Gasteiger partial charge in [0.05, 0.1) is 11.2 Å². The Morgan fingerprint density at radius 3 is 2.23 bits per heavy atom. The first-order valence-electron chi connectivity index (χ1n) is 4.96. The Kier molecular flexibility index (Phi) is 3.00. The van der Waals surface area contributed by atoms with Gasteiger partial charge < -0.3 is 15.4 Å². The smallest absolute Gasteiger partial charge is 0.0953 e. The van der Waals surface area contributed by atoms with Crippen LogP contribution in [0.25, 0.3) is 0 Å². The molecule has 1 heterocycles. The number of nitrogens with two attached hydrogens (primary N) is 1. The van der Waals surface area contributed by atoms with Gasteiger partial charge in [-0.05, 0) is 40.8 Å². The van der Waals surface area contributed by atoms with Gasteiger partial charge in [0.2, 0.25) is 0 Å². The molecule has 0 spiro atoms. The minimum atomic E-state index is -0.0591. The summed E-state index contributed by atoms with van der Waals surface area (Å²) in [6, 6.07) is 0. The van der Waals surface area contributed by atoms with Crippen LogP contribution >= 0.6 is 0 Å². The van der Waals surface area contributed by atoms with Gasteiger partial charge in [0.15, 0.2) is 0 Å². The largest absolute Gasteiger partial charge is 0.367 e. The van der Waals surface area contributed by atoms with Gasteiger partial charge in [0.1, 0.15) is 0 Å². The zero-order chi connectivity index (χ0) is 10.1. The fourth-order valence-corrected chi connectivity index (χ4v) is 2.12. The monoisotopic (exact) mass is 186 g/mol. The Hall–Kier alpha value is -0.120.